The van der Waals surface area contributed by atoms with Gasteiger partial charge in [0.25, 0.3) is 0 Å². The SMILES string of the molecule is COc1cc(NC(=O)NCCc2coc(-c3ccc(F)cc3)n2)cc(OC)c1OC. The van der Waals surface area contributed by atoms with Crippen LogP contribution in [0.25, 0.3) is 11.5 Å². The van der Waals surface area contributed by atoms with Gasteiger partial charge in [-0.2, -0.15) is 0 Å². The Labute approximate surface area is 173 Å². The van der Waals surface area contributed by atoms with Crippen molar-refractivity contribution >= 4 is 11.7 Å². The van der Waals surface area contributed by atoms with Gasteiger partial charge in [-0.1, -0.05) is 0 Å². The predicted octanol–water partition coefficient (Wildman–Crippen LogP) is 3.87. The number of hydrogen-bond donors (Lipinski definition) is 2. The molecule has 0 radical (unpaired) electrons. The van der Waals surface area contributed by atoms with E-state index in [1.54, 1.807) is 24.3 Å². The molecular weight excluding hydrogens is 393 g/mol. The Kier molecular flexibility index (Phi) is 6.74. The van der Waals surface area contributed by atoms with Crippen molar-refractivity contribution in [2.24, 2.45) is 0 Å². The number of amides is 2. The number of hydrogen-bond acceptors (Lipinski definition) is 6. The zero-order chi connectivity index (χ0) is 21.5. The molecule has 2 aromatic carbocycles. The van der Waals surface area contributed by atoms with Crippen LogP contribution in [0.5, 0.6) is 17.2 Å². The lowest BCUT2D eigenvalue weighted by Gasteiger charge is -2.14. The number of methoxy groups -OCH3 is 3. The second kappa shape index (κ2) is 9.64. The number of benzene rings is 2. The molecule has 2 N–H and O–H groups in total. The van der Waals surface area contributed by atoms with Crippen molar-refractivity contribution in [3.05, 3.63) is 54.2 Å². The van der Waals surface area contributed by atoms with Gasteiger partial charge in [-0.3, -0.25) is 0 Å². The topological polar surface area (TPSA) is 94.9 Å². The third-order valence-corrected chi connectivity index (χ3v) is 4.23. The molecule has 0 saturated heterocycles. The lowest BCUT2D eigenvalue weighted by Crippen LogP contribution is -2.30. The highest BCUT2D eigenvalue weighted by atomic mass is 19.1. The summed E-state index contributed by atoms with van der Waals surface area (Å²) in [6.07, 6.45) is 1.98. The van der Waals surface area contributed by atoms with E-state index in [0.29, 0.717) is 53.0 Å². The molecular formula is C21H22FN3O5. The molecule has 2 amide bonds. The second-order valence-corrected chi connectivity index (χ2v) is 6.20. The first kappa shape index (κ1) is 21.0. The largest absolute Gasteiger partial charge is 0.493 e. The quantitative estimate of drug-likeness (QED) is 0.580. The van der Waals surface area contributed by atoms with Crippen molar-refractivity contribution in [3.8, 4) is 28.7 Å². The van der Waals surface area contributed by atoms with E-state index < -0.39 is 6.03 Å². The molecule has 0 aliphatic heterocycles. The summed E-state index contributed by atoms with van der Waals surface area (Å²) in [5.41, 5.74) is 1.83. The summed E-state index contributed by atoms with van der Waals surface area (Å²) in [6, 6.07) is 8.73. The van der Waals surface area contributed by atoms with E-state index in [9.17, 15) is 9.18 Å². The number of nitrogens with one attached hydrogen (secondary N) is 2. The normalized spacial score (nSPS) is 10.4. The van der Waals surface area contributed by atoms with Crippen LogP contribution in [-0.2, 0) is 6.42 Å². The van der Waals surface area contributed by atoms with E-state index in [1.807, 2.05) is 0 Å². The van der Waals surface area contributed by atoms with Gasteiger partial charge in [-0.05, 0) is 24.3 Å². The Balaban J connectivity index is 1.55. The number of ether oxygens (including phenoxy) is 3. The van der Waals surface area contributed by atoms with Gasteiger partial charge in [-0.25, -0.2) is 14.2 Å². The van der Waals surface area contributed by atoms with Crippen LogP contribution in [0.3, 0.4) is 0 Å². The van der Waals surface area contributed by atoms with Crippen LogP contribution in [0.4, 0.5) is 14.9 Å². The summed E-state index contributed by atoms with van der Waals surface area (Å²) >= 11 is 0. The average Bonchev–Trinajstić information content (AvgIpc) is 3.22. The molecule has 0 fully saturated rings. The summed E-state index contributed by atoms with van der Waals surface area (Å²) in [5.74, 6) is 1.37. The molecule has 0 saturated carbocycles. The average molecular weight is 415 g/mol. The molecule has 0 atom stereocenters. The molecule has 3 aromatic rings. The Morgan fingerprint density at radius 1 is 1.07 bits per heavy atom. The zero-order valence-corrected chi connectivity index (χ0v) is 16.8. The van der Waals surface area contributed by atoms with Crippen LogP contribution in [0, 0.1) is 5.82 Å². The van der Waals surface area contributed by atoms with E-state index in [2.05, 4.69) is 15.6 Å². The van der Waals surface area contributed by atoms with Gasteiger partial charge < -0.3 is 29.3 Å². The first-order chi connectivity index (χ1) is 14.5. The minimum atomic E-state index is -0.397. The Morgan fingerprint density at radius 3 is 2.33 bits per heavy atom. The monoisotopic (exact) mass is 415 g/mol. The number of halogens is 1. The Bertz CT molecular complexity index is 979. The van der Waals surface area contributed by atoms with Gasteiger partial charge in [0.05, 0.1) is 32.7 Å². The molecule has 0 unspecified atom stereocenters. The lowest BCUT2D eigenvalue weighted by atomic mass is 10.2. The van der Waals surface area contributed by atoms with Crippen LogP contribution in [0.1, 0.15) is 5.69 Å². The third-order valence-electron chi connectivity index (χ3n) is 4.23. The maximum absolute atomic E-state index is 13.0. The van der Waals surface area contributed by atoms with Gasteiger partial charge >= 0.3 is 6.03 Å². The summed E-state index contributed by atoms with van der Waals surface area (Å²) < 4.78 is 34.2. The van der Waals surface area contributed by atoms with Gasteiger partial charge in [0.1, 0.15) is 12.1 Å². The molecule has 0 aliphatic carbocycles. The number of urea groups is 1. The molecule has 30 heavy (non-hydrogen) atoms. The summed E-state index contributed by atoms with van der Waals surface area (Å²) in [5, 5.41) is 5.47. The number of rotatable bonds is 8. The highest BCUT2D eigenvalue weighted by Gasteiger charge is 2.14. The smallest absolute Gasteiger partial charge is 0.319 e. The minimum absolute atomic E-state index is 0.326. The van der Waals surface area contributed by atoms with E-state index >= 15 is 0 Å². The van der Waals surface area contributed by atoms with Crippen LogP contribution < -0.4 is 24.8 Å². The van der Waals surface area contributed by atoms with Crippen molar-refractivity contribution in [1.82, 2.24) is 10.3 Å². The van der Waals surface area contributed by atoms with Crippen molar-refractivity contribution in [3.63, 3.8) is 0 Å². The van der Waals surface area contributed by atoms with Crippen LogP contribution in [0.15, 0.2) is 47.1 Å². The molecule has 0 bridgehead atoms. The number of nitrogens with zero attached hydrogens (tertiary/aromatic N) is 1. The fourth-order valence-corrected chi connectivity index (χ4v) is 2.78. The standard InChI is InChI=1S/C21H22FN3O5/c1-27-17-10-16(11-18(28-2)19(17)29-3)25-21(26)23-9-8-15-12-30-20(24-15)13-4-6-14(22)7-5-13/h4-7,10-12H,8-9H2,1-3H3,(H2,23,25,26). The number of oxazole rings is 1. The second-order valence-electron chi connectivity index (χ2n) is 6.20. The maximum atomic E-state index is 13.0. The van der Waals surface area contributed by atoms with Crippen LogP contribution >= 0.6 is 0 Å². The van der Waals surface area contributed by atoms with Crippen LogP contribution in [-0.4, -0.2) is 38.9 Å². The maximum Gasteiger partial charge on any atom is 0.319 e. The van der Waals surface area contributed by atoms with Gasteiger partial charge in [0.2, 0.25) is 11.6 Å². The fourth-order valence-electron chi connectivity index (χ4n) is 2.78. The summed E-state index contributed by atoms with van der Waals surface area (Å²) in [6.45, 7) is 0.339. The fraction of sp³-hybridized carbons (Fsp3) is 0.238. The molecule has 3 rings (SSSR count). The van der Waals surface area contributed by atoms with Crippen molar-refractivity contribution < 1.29 is 27.8 Å². The zero-order valence-electron chi connectivity index (χ0n) is 16.8. The number of aromatic nitrogens is 1. The number of carbonyl (C=O) groups excluding carboxylic acids is 1. The molecule has 9 heteroatoms. The summed E-state index contributed by atoms with van der Waals surface area (Å²) in [4.78, 5) is 16.5. The number of carbonyl (C=O) groups is 1. The lowest BCUT2D eigenvalue weighted by molar-refractivity contribution is 0.252. The van der Waals surface area contributed by atoms with Crippen LogP contribution in [0.2, 0.25) is 0 Å². The van der Waals surface area contributed by atoms with Crippen molar-refractivity contribution in [2.45, 2.75) is 6.42 Å². The number of anilines is 1. The van der Waals surface area contributed by atoms with Gasteiger partial charge in [0, 0.05) is 30.7 Å². The van der Waals surface area contributed by atoms with Crippen molar-refractivity contribution in [1.29, 1.82) is 0 Å². The Morgan fingerprint density at radius 2 is 1.73 bits per heavy atom. The molecule has 0 aliphatic rings. The van der Waals surface area contributed by atoms with Gasteiger partial charge in [-0.15, -0.1) is 0 Å². The molecule has 1 heterocycles. The molecule has 0 spiro atoms. The molecule has 8 nitrogen and oxygen atoms in total. The third kappa shape index (κ3) is 4.99. The highest BCUT2D eigenvalue weighted by molar-refractivity contribution is 5.90. The van der Waals surface area contributed by atoms with Crippen molar-refractivity contribution in [2.75, 3.05) is 33.2 Å². The first-order valence-electron chi connectivity index (χ1n) is 9.09. The minimum Gasteiger partial charge on any atom is -0.493 e. The highest BCUT2D eigenvalue weighted by Crippen LogP contribution is 2.39. The molecule has 158 valence electrons. The summed E-state index contributed by atoms with van der Waals surface area (Å²) in [7, 11) is 4.50. The van der Waals surface area contributed by atoms with E-state index in [4.69, 9.17) is 18.6 Å². The first-order valence-corrected chi connectivity index (χ1v) is 9.09. The predicted molar refractivity (Wildman–Crippen MR) is 109 cm³/mol. The van der Waals surface area contributed by atoms with Gasteiger partial charge in [0.15, 0.2) is 11.5 Å². The molecule has 1 aromatic heterocycles. The van der Waals surface area contributed by atoms with E-state index in [-0.39, 0.29) is 5.82 Å². The Hall–Kier alpha value is -3.75. The van der Waals surface area contributed by atoms with E-state index in [0.717, 1.165) is 0 Å². The van der Waals surface area contributed by atoms with E-state index in [1.165, 1.54) is 39.7 Å².